The van der Waals surface area contributed by atoms with Gasteiger partial charge in [-0.25, -0.2) is 8.78 Å². The predicted octanol–water partition coefficient (Wildman–Crippen LogP) is 21.9. The van der Waals surface area contributed by atoms with Gasteiger partial charge in [-0.15, -0.1) is 0 Å². The number of rotatable bonds is 10. The van der Waals surface area contributed by atoms with Gasteiger partial charge in [0, 0.05) is 34.1 Å². The first-order valence-corrected chi connectivity index (χ1v) is 29.8. The van der Waals surface area contributed by atoms with E-state index in [0.29, 0.717) is 0 Å². The maximum absolute atomic E-state index is 16.1. The molecule has 4 aliphatic rings. The first-order valence-electron chi connectivity index (χ1n) is 29.8. The number of nitrogens with zero attached hydrogens (tertiary/aromatic N) is 2. The zero-order chi connectivity index (χ0) is 59.0. The van der Waals surface area contributed by atoms with E-state index in [2.05, 4.69) is 275 Å². The molecule has 0 radical (unpaired) electrons. The summed E-state index contributed by atoms with van der Waals surface area (Å²) in [4.78, 5) is 4.65. The lowest BCUT2D eigenvalue weighted by atomic mass is 9.67. The van der Waals surface area contributed by atoms with Crippen molar-refractivity contribution in [2.45, 2.75) is 111 Å². The highest BCUT2D eigenvalue weighted by Crippen LogP contribution is 2.54. The quantitative estimate of drug-likeness (QED) is 0.135. The molecule has 420 valence electrons. The van der Waals surface area contributed by atoms with Gasteiger partial charge in [-0.2, -0.15) is 0 Å². The molecule has 8 aromatic carbocycles. The van der Waals surface area contributed by atoms with Crippen molar-refractivity contribution < 1.29 is 8.78 Å². The van der Waals surface area contributed by atoms with E-state index in [4.69, 9.17) is 0 Å². The van der Waals surface area contributed by atoms with Crippen LogP contribution in [0, 0.1) is 17.6 Å². The van der Waals surface area contributed by atoms with Crippen LogP contribution in [0.3, 0.4) is 0 Å². The summed E-state index contributed by atoms with van der Waals surface area (Å²) < 4.78 is 32.1. The molecule has 0 heterocycles. The number of anilines is 4. The van der Waals surface area contributed by atoms with Crippen LogP contribution in [0.4, 0.5) is 31.5 Å². The third-order valence-electron chi connectivity index (χ3n) is 17.3. The highest BCUT2D eigenvalue weighted by molar-refractivity contribution is 5.93. The number of halogens is 2. The third kappa shape index (κ3) is 10.3. The minimum absolute atomic E-state index is 0.0990. The van der Waals surface area contributed by atoms with Crippen molar-refractivity contribution in [1.29, 1.82) is 0 Å². The number of hydrogen-bond acceptors (Lipinski definition) is 2. The topological polar surface area (TPSA) is 6.48 Å². The second-order valence-corrected chi connectivity index (χ2v) is 27.2. The van der Waals surface area contributed by atoms with E-state index in [1.165, 1.54) is 56.7 Å². The molecule has 2 unspecified atom stereocenters. The SMILES string of the molecule is CC(C)(C)c1ccccc1-c1ccc(N(C2=C3C=CC4=C5C(=CC=C(C=C2)C35)C(N(c2cccc(F)c2)c2ccc(-c3ccccc3C(C)(C)C)cc2-c2ccccc2C(C)(C)C)C=C4)c2cccc(F)c2)c(-c2ccccc2C(C)(C)C)c1. The fourth-order valence-electron chi connectivity index (χ4n) is 13.4. The van der Waals surface area contributed by atoms with Gasteiger partial charge in [0.2, 0.25) is 0 Å². The van der Waals surface area contributed by atoms with Gasteiger partial charge in [-0.3, -0.25) is 0 Å². The number of allylic oxidation sites excluding steroid dienone is 10. The van der Waals surface area contributed by atoms with Crippen LogP contribution in [0.15, 0.2) is 264 Å². The maximum atomic E-state index is 16.1. The molecule has 0 bridgehead atoms. The molecule has 0 aromatic heterocycles. The molecule has 12 rings (SSSR count). The van der Waals surface area contributed by atoms with Crippen LogP contribution in [0.2, 0.25) is 0 Å². The Hall–Kier alpha value is -8.60. The van der Waals surface area contributed by atoms with Crippen molar-refractivity contribution in [3.63, 3.8) is 0 Å². The van der Waals surface area contributed by atoms with Crippen LogP contribution in [-0.4, -0.2) is 6.04 Å². The molecule has 2 atom stereocenters. The van der Waals surface area contributed by atoms with E-state index >= 15 is 8.78 Å². The molecule has 84 heavy (non-hydrogen) atoms. The normalized spacial score (nSPS) is 16.6. The van der Waals surface area contributed by atoms with Crippen LogP contribution >= 0.6 is 0 Å². The molecule has 8 aromatic rings. The van der Waals surface area contributed by atoms with Crippen LogP contribution in [0.1, 0.15) is 105 Å². The highest BCUT2D eigenvalue weighted by Gasteiger charge is 2.41. The Kier molecular flexibility index (Phi) is 14.1. The molecule has 4 heteroatoms. The molecule has 0 N–H and O–H groups in total. The highest BCUT2D eigenvalue weighted by atomic mass is 19.1. The summed E-state index contributed by atoms with van der Waals surface area (Å²) in [5.41, 5.74) is 23.6. The molecule has 0 aliphatic heterocycles. The van der Waals surface area contributed by atoms with Crippen molar-refractivity contribution in [3.8, 4) is 44.5 Å². The third-order valence-corrected chi connectivity index (χ3v) is 17.3. The average Bonchev–Trinajstić information content (AvgIpc) is 0.807. The summed E-state index contributed by atoms with van der Waals surface area (Å²) in [6.45, 7) is 27.3. The van der Waals surface area contributed by atoms with E-state index in [1.54, 1.807) is 12.1 Å². The lowest BCUT2D eigenvalue weighted by molar-refractivity contribution is 0.591. The molecule has 4 aliphatic carbocycles. The lowest BCUT2D eigenvalue weighted by Crippen LogP contribution is -2.37. The first kappa shape index (κ1) is 55.9. The van der Waals surface area contributed by atoms with Crippen LogP contribution in [0.25, 0.3) is 44.5 Å². The van der Waals surface area contributed by atoms with Gasteiger partial charge in [0.05, 0.1) is 17.4 Å². The monoisotopic (exact) mass is 1100 g/mol. The Bertz CT molecular complexity index is 4160. The smallest absolute Gasteiger partial charge is 0.125 e. The molecule has 0 fully saturated rings. The van der Waals surface area contributed by atoms with Gasteiger partial charge in [0.25, 0.3) is 0 Å². The van der Waals surface area contributed by atoms with E-state index in [9.17, 15) is 0 Å². The number of benzene rings is 8. The second-order valence-electron chi connectivity index (χ2n) is 27.2. The van der Waals surface area contributed by atoms with E-state index in [1.807, 2.05) is 24.3 Å². The molecule has 0 spiro atoms. The van der Waals surface area contributed by atoms with Gasteiger partial charge < -0.3 is 9.80 Å². The Balaban J connectivity index is 1.06. The molecular weight excluding hydrogens is 1030 g/mol. The summed E-state index contributed by atoms with van der Waals surface area (Å²) >= 11 is 0. The molecule has 2 nitrogen and oxygen atoms in total. The maximum Gasteiger partial charge on any atom is 0.125 e. The summed E-state index contributed by atoms with van der Waals surface area (Å²) in [6.07, 6.45) is 18.2. The average molecular weight is 1100 g/mol. The van der Waals surface area contributed by atoms with Crippen molar-refractivity contribution in [1.82, 2.24) is 0 Å². The summed E-state index contributed by atoms with van der Waals surface area (Å²) in [5, 5.41) is 0. The van der Waals surface area contributed by atoms with E-state index in [0.717, 1.165) is 78.5 Å². The summed E-state index contributed by atoms with van der Waals surface area (Å²) in [7, 11) is 0. The van der Waals surface area contributed by atoms with E-state index in [-0.39, 0.29) is 45.3 Å². The van der Waals surface area contributed by atoms with Gasteiger partial charge in [-0.05, 0) is 172 Å². The van der Waals surface area contributed by atoms with Crippen molar-refractivity contribution >= 4 is 22.7 Å². The van der Waals surface area contributed by atoms with Gasteiger partial charge in [-0.1, -0.05) is 247 Å². The van der Waals surface area contributed by atoms with Crippen LogP contribution in [-0.2, 0) is 21.7 Å². The molecular formula is C80H76F2N2. The van der Waals surface area contributed by atoms with E-state index < -0.39 is 0 Å². The van der Waals surface area contributed by atoms with Crippen molar-refractivity contribution in [3.05, 3.63) is 298 Å². The van der Waals surface area contributed by atoms with Crippen molar-refractivity contribution in [2.24, 2.45) is 5.92 Å². The van der Waals surface area contributed by atoms with Gasteiger partial charge in [0.15, 0.2) is 0 Å². The van der Waals surface area contributed by atoms with Crippen molar-refractivity contribution in [2.75, 3.05) is 9.80 Å². The Morgan fingerprint density at radius 1 is 0.381 bits per heavy atom. The first-order chi connectivity index (χ1) is 40.0. The fourth-order valence-corrected chi connectivity index (χ4v) is 13.4. The zero-order valence-corrected chi connectivity index (χ0v) is 50.7. The molecule has 0 amide bonds. The Morgan fingerprint density at radius 2 is 0.845 bits per heavy atom. The molecule has 0 saturated carbocycles. The van der Waals surface area contributed by atoms with Crippen LogP contribution in [0.5, 0.6) is 0 Å². The minimum Gasteiger partial charge on any atom is -0.330 e. The Labute approximate surface area is 498 Å². The van der Waals surface area contributed by atoms with Crippen LogP contribution < -0.4 is 9.80 Å². The standard InChI is InChI=1S/C80H76F2N2/c1-77(2,3)67-31-17-13-27-59(67)53-39-45-73(65(47-53)61-29-15-19-33-69(61)79(7,8)9)83(57-25-21-23-55(81)49-57)71-43-37-51-36-42-64-72(44-38-52-35-41-63(71)75(51)76(52)64)84(58-26-22-24-56(82)50-58)74-46-40-54(60-28-14-18-32-68(60)78(4,5)6)48-66(74)62-30-16-20-34-70(62)80(10,11)12/h13-50,71,76H,1-12H3. The lowest BCUT2D eigenvalue weighted by Gasteiger charge is -2.44. The summed E-state index contributed by atoms with van der Waals surface area (Å²) in [5.74, 6) is -0.773. The number of hydrogen-bond donors (Lipinski definition) is 0. The Morgan fingerprint density at radius 3 is 1.37 bits per heavy atom. The van der Waals surface area contributed by atoms with Gasteiger partial charge >= 0.3 is 0 Å². The fraction of sp³-hybridized carbons (Fsp3) is 0.225. The zero-order valence-electron chi connectivity index (χ0n) is 50.7. The summed E-state index contributed by atoms with van der Waals surface area (Å²) in [6, 6.07) is 62.6. The second kappa shape index (κ2) is 21.2. The molecule has 0 saturated heterocycles. The minimum atomic E-state index is -0.345. The predicted molar refractivity (Wildman–Crippen MR) is 351 cm³/mol. The largest absolute Gasteiger partial charge is 0.330 e. The van der Waals surface area contributed by atoms with Gasteiger partial charge in [0.1, 0.15) is 11.6 Å².